The third-order valence-electron chi connectivity index (χ3n) is 0.496. The van der Waals surface area contributed by atoms with Crippen LogP contribution in [0.25, 0.3) is 0 Å². The Balaban J connectivity index is 0.000000250. The lowest BCUT2D eigenvalue weighted by atomic mass is 10.7. The predicted octanol–water partition coefficient (Wildman–Crippen LogP) is 2.14. The van der Waals surface area contributed by atoms with E-state index in [1.165, 1.54) is 0 Å². The van der Waals surface area contributed by atoms with Crippen molar-refractivity contribution in [3.05, 3.63) is 23.7 Å². The van der Waals surface area contributed by atoms with Gasteiger partial charge in [0.2, 0.25) is 0 Å². The summed E-state index contributed by atoms with van der Waals surface area (Å²) in [6.45, 7) is 0. The van der Waals surface area contributed by atoms with E-state index in [0.29, 0.717) is 0 Å². The first kappa shape index (κ1) is 6.07. The number of hydrogen-bond acceptors (Lipinski definition) is 0. The first-order chi connectivity index (χ1) is 2.50. The molecule has 0 radical (unpaired) electrons. The Labute approximate surface area is 45.1 Å². The summed E-state index contributed by atoms with van der Waals surface area (Å²) in [5.41, 5.74) is 0. The maximum atomic E-state index is 2.15. The van der Waals surface area contributed by atoms with Crippen molar-refractivity contribution in [1.29, 1.82) is 0 Å². The van der Waals surface area contributed by atoms with E-state index in [1.54, 1.807) is 0 Å². The first-order valence-corrected chi connectivity index (χ1v) is 2.73. The summed E-state index contributed by atoms with van der Waals surface area (Å²) in [7, 11) is 0.948. The fourth-order valence-corrected chi connectivity index (χ4v) is 0.833. The molecule has 1 rings (SSSR count). The zero-order valence-corrected chi connectivity index (χ0v) is 5.03. The maximum Gasteiger partial charge on any atom is -0.0454 e. The van der Waals surface area contributed by atoms with Gasteiger partial charge in [0.05, 0.1) is 0 Å². The highest BCUT2D eigenvalue weighted by Gasteiger charge is 1.57. The van der Waals surface area contributed by atoms with Crippen molar-refractivity contribution in [2.75, 3.05) is 0 Å². The third kappa shape index (κ3) is 1.49. The van der Waals surface area contributed by atoms with Crippen molar-refractivity contribution in [3.63, 3.8) is 0 Å². The molecule has 0 aliphatic rings. The molecule has 0 saturated heterocycles. The van der Waals surface area contributed by atoms with E-state index in [-0.39, 0.29) is 12.4 Å². The molecule has 0 fully saturated rings. The Bertz CT molecular complexity index is 64.0. The Morgan fingerprint density at radius 2 is 1.50 bits per heavy atom. The van der Waals surface area contributed by atoms with Crippen molar-refractivity contribution in [3.8, 4) is 0 Å². The topological polar surface area (TPSA) is 0 Å². The molecule has 0 aliphatic heterocycles. The average molecular weight is 121 g/mol. The molecule has 0 bridgehead atoms. The SMILES string of the molecule is Cl.c1cc[pH]c1. The minimum absolute atomic E-state index is 0. The van der Waals surface area contributed by atoms with Gasteiger partial charge >= 0.3 is 0 Å². The standard InChI is InChI=1S/C4H5P.ClH/c1-2-4-5-3-1;/h1-5H;1H. The Morgan fingerprint density at radius 3 is 1.67 bits per heavy atom. The second-order valence-corrected chi connectivity index (χ2v) is 1.88. The predicted molar refractivity (Wildman–Crippen MR) is 33.2 cm³/mol. The van der Waals surface area contributed by atoms with Crippen molar-refractivity contribution in [2.45, 2.75) is 0 Å². The molecule has 0 N–H and O–H groups in total. The third-order valence-corrected chi connectivity index (χ3v) is 1.27. The zero-order valence-electron chi connectivity index (χ0n) is 3.22. The lowest BCUT2D eigenvalue weighted by Gasteiger charge is -1.41. The molecule has 0 spiro atoms. The molecule has 34 valence electrons. The van der Waals surface area contributed by atoms with Gasteiger partial charge in [-0.1, -0.05) is 12.1 Å². The highest BCUT2D eigenvalue weighted by atomic mass is 35.5. The van der Waals surface area contributed by atoms with E-state index in [4.69, 9.17) is 0 Å². The number of hydrogen-bond donors (Lipinski definition) is 0. The molecule has 6 heavy (non-hydrogen) atoms. The van der Waals surface area contributed by atoms with Crippen LogP contribution in [-0.4, -0.2) is 0 Å². The van der Waals surface area contributed by atoms with E-state index >= 15 is 0 Å². The highest BCUT2D eigenvalue weighted by Crippen LogP contribution is 1.99. The van der Waals surface area contributed by atoms with Crippen molar-refractivity contribution in [1.82, 2.24) is 0 Å². The Morgan fingerprint density at radius 1 is 1.00 bits per heavy atom. The van der Waals surface area contributed by atoms with Crippen LogP contribution in [0.4, 0.5) is 0 Å². The molecule has 0 unspecified atom stereocenters. The first-order valence-electron chi connectivity index (χ1n) is 1.58. The summed E-state index contributed by atoms with van der Waals surface area (Å²) in [6, 6.07) is 4.14. The van der Waals surface area contributed by atoms with Crippen molar-refractivity contribution >= 4 is 20.6 Å². The molecule has 0 atom stereocenters. The van der Waals surface area contributed by atoms with Crippen LogP contribution in [0.2, 0.25) is 0 Å². The highest BCUT2D eigenvalue weighted by molar-refractivity contribution is 7.28. The molecule has 1 aromatic heterocycles. The van der Waals surface area contributed by atoms with Gasteiger partial charge < -0.3 is 0 Å². The second kappa shape index (κ2) is 3.27. The molecule has 1 aromatic rings. The van der Waals surface area contributed by atoms with Gasteiger partial charge in [-0.3, -0.25) is 0 Å². The monoisotopic (exact) mass is 120 g/mol. The van der Waals surface area contributed by atoms with Gasteiger partial charge in [-0.25, -0.2) is 0 Å². The second-order valence-electron chi connectivity index (χ2n) is 0.885. The van der Waals surface area contributed by atoms with Gasteiger partial charge in [0.15, 0.2) is 0 Å². The van der Waals surface area contributed by atoms with Crippen LogP contribution in [-0.2, 0) is 0 Å². The summed E-state index contributed by atoms with van der Waals surface area (Å²) in [5.74, 6) is 4.31. The molecule has 1 heterocycles. The van der Waals surface area contributed by atoms with Gasteiger partial charge in [0.1, 0.15) is 0 Å². The van der Waals surface area contributed by atoms with Gasteiger partial charge in [-0.2, -0.15) is 0 Å². The summed E-state index contributed by atoms with van der Waals surface area (Å²) in [6.07, 6.45) is 0. The summed E-state index contributed by atoms with van der Waals surface area (Å²) in [4.78, 5) is 0. The zero-order chi connectivity index (χ0) is 3.54. The van der Waals surface area contributed by atoms with E-state index < -0.39 is 0 Å². The smallest absolute Gasteiger partial charge is 0.0454 e. The van der Waals surface area contributed by atoms with Crippen LogP contribution in [0.3, 0.4) is 0 Å². The van der Waals surface area contributed by atoms with Crippen molar-refractivity contribution in [2.24, 2.45) is 0 Å². The maximum absolute atomic E-state index is 2.15. The molecular weight excluding hydrogens is 114 g/mol. The lowest BCUT2D eigenvalue weighted by molar-refractivity contribution is 2.03. The van der Waals surface area contributed by atoms with E-state index in [2.05, 4.69) is 23.7 Å². The van der Waals surface area contributed by atoms with E-state index in [0.717, 1.165) is 8.19 Å². The number of rotatable bonds is 0. The van der Waals surface area contributed by atoms with Crippen LogP contribution >= 0.6 is 20.6 Å². The van der Waals surface area contributed by atoms with Gasteiger partial charge in [0.25, 0.3) is 0 Å². The summed E-state index contributed by atoms with van der Waals surface area (Å²) < 4.78 is 0. The molecule has 0 aliphatic carbocycles. The Kier molecular flexibility index (Phi) is 3.31. The van der Waals surface area contributed by atoms with Gasteiger partial charge in [0, 0.05) is 0 Å². The quantitative estimate of drug-likeness (QED) is 0.492. The molecule has 0 amide bonds. The largest absolute Gasteiger partial charge is 0.147 e. The molecule has 2 heteroatoms. The minimum Gasteiger partial charge on any atom is -0.147 e. The van der Waals surface area contributed by atoms with Crippen LogP contribution in [0.15, 0.2) is 23.7 Å². The van der Waals surface area contributed by atoms with E-state index in [9.17, 15) is 0 Å². The molecule has 0 aromatic carbocycles. The summed E-state index contributed by atoms with van der Waals surface area (Å²) in [5, 5.41) is 0. The average Bonchev–Trinajstić information content (AvgIpc) is 1.76. The lowest BCUT2D eigenvalue weighted by Crippen LogP contribution is -1.16. The molecular formula is C4H6ClP. The van der Waals surface area contributed by atoms with Crippen LogP contribution in [0, 0.1) is 0 Å². The van der Waals surface area contributed by atoms with Crippen LogP contribution < -0.4 is 0 Å². The summed E-state index contributed by atoms with van der Waals surface area (Å²) >= 11 is 0. The van der Waals surface area contributed by atoms with Gasteiger partial charge in [-0.15, -0.1) is 20.6 Å². The van der Waals surface area contributed by atoms with E-state index in [1.807, 2.05) is 0 Å². The number of halogens is 1. The fraction of sp³-hybridized carbons (Fsp3) is 0. The fourth-order valence-electron chi connectivity index (χ4n) is 0.278. The molecule has 0 saturated carbocycles. The van der Waals surface area contributed by atoms with Crippen LogP contribution in [0.1, 0.15) is 0 Å². The van der Waals surface area contributed by atoms with Crippen molar-refractivity contribution < 1.29 is 0 Å². The Hall–Kier alpha value is 0.0700. The molecule has 0 nitrogen and oxygen atoms in total. The van der Waals surface area contributed by atoms with Crippen LogP contribution in [0.5, 0.6) is 0 Å². The normalized spacial score (nSPS) is 6.67. The van der Waals surface area contributed by atoms with Gasteiger partial charge in [-0.05, 0) is 11.6 Å². The minimum atomic E-state index is 0.